The standard InChI is InChI=1S/C23H24BrNO3S/c1-17-10-12-20(13-11-17)29(27,28)25-16-6-9-22(25)23(26)15-14-21(18(2)24)19-7-4-3-5-8-19/h3-5,7-8,10-15,22H,6,9,16H2,1-2H3. The molecule has 29 heavy (non-hydrogen) atoms. The first kappa shape index (κ1) is 21.7. The second kappa shape index (κ2) is 9.20. The van der Waals surface area contributed by atoms with E-state index in [1.807, 2.05) is 44.2 Å². The van der Waals surface area contributed by atoms with Gasteiger partial charge in [0.05, 0.1) is 10.9 Å². The molecule has 2 aromatic carbocycles. The lowest BCUT2D eigenvalue weighted by Gasteiger charge is -2.22. The van der Waals surface area contributed by atoms with Crippen molar-refractivity contribution in [3.8, 4) is 0 Å². The second-order valence-electron chi connectivity index (χ2n) is 7.14. The minimum absolute atomic E-state index is 0.194. The van der Waals surface area contributed by atoms with Gasteiger partial charge in [-0.3, -0.25) is 4.79 Å². The summed E-state index contributed by atoms with van der Waals surface area (Å²) in [5.74, 6) is -0.194. The van der Waals surface area contributed by atoms with Gasteiger partial charge in [-0.2, -0.15) is 4.31 Å². The lowest BCUT2D eigenvalue weighted by Crippen LogP contribution is -2.39. The number of carbonyl (C=O) groups is 1. The van der Waals surface area contributed by atoms with Gasteiger partial charge in [0.1, 0.15) is 0 Å². The summed E-state index contributed by atoms with van der Waals surface area (Å²) in [7, 11) is -3.70. The van der Waals surface area contributed by atoms with Crippen molar-refractivity contribution >= 4 is 37.3 Å². The number of hydrogen-bond acceptors (Lipinski definition) is 3. The van der Waals surface area contributed by atoms with Crippen molar-refractivity contribution in [1.29, 1.82) is 0 Å². The first-order valence-corrected chi connectivity index (χ1v) is 11.8. The largest absolute Gasteiger partial charge is 0.293 e. The molecule has 0 amide bonds. The van der Waals surface area contributed by atoms with Gasteiger partial charge in [0, 0.05) is 6.54 Å². The summed E-state index contributed by atoms with van der Waals surface area (Å²) >= 11 is 3.50. The predicted molar refractivity (Wildman–Crippen MR) is 120 cm³/mol. The molecule has 1 atom stereocenters. The summed E-state index contributed by atoms with van der Waals surface area (Å²) in [5, 5.41) is 0. The molecule has 0 saturated carbocycles. The lowest BCUT2D eigenvalue weighted by molar-refractivity contribution is -0.117. The first-order valence-electron chi connectivity index (χ1n) is 9.53. The summed E-state index contributed by atoms with van der Waals surface area (Å²) in [6, 6.07) is 15.8. The maximum atomic E-state index is 13.1. The summed E-state index contributed by atoms with van der Waals surface area (Å²) in [5.41, 5.74) is 2.87. The van der Waals surface area contributed by atoms with Gasteiger partial charge in [0.15, 0.2) is 5.78 Å². The van der Waals surface area contributed by atoms with Crippen molar-refractivity contribution in [2.75, 3.05) is 6.54 Å². The minimum atomic E-state index is -3.70. The molecule has 1 aliphatic heterocycles. The van der Waals surface area contributed by atoms with E-state index in [-0.39, 0.29) is 10.7 Å². The van der Waals surface area contributed by atoms with Crippen molar-refractivity contribution in [2.45, 2.75) is 37.6 Å². The number of ketones is 1. The number of hydrogen-bond donors (Lipinski definition) is 0. The molecule has 152 valence electrons. The van der Waals surface area contributed by atoms with E-state index in [0.717, 1.165) is 21.2 Å². The Hall–Kier alpha value is -2.02. The van der Waals surface area contributed by atoms with Crippen LogP contribution in [-0.4, -0.2) is 31.1 Å². The van der Waals surface area contributed by atoms with Crippen molar-refractivity contribution < 1.29 is 13.2 Å². The molecule has 0 aromatic heterocycles. The monoisotopic (exact) mass is 473 g/mol. The third-order valence-corrected chi connectivity index (χ3v) is 7.38. The van der Waals surface area contributed by atoms with Crippen LogP contribution in [0.4, 0.5) is 0 Å². The van der Waals surface area contributed by atoms with Gasteiger partial charge in [0.2, 0.25) is 10.0 Å². The van der Waals surface area contributed by atoms with Crippen molar-refractivity contribution in [3.63, 3.8) is 0 Å². The predicted octanol–water partition coefficient (Wildman–Crippen LogP) is 5.10. The van der Waals surface area contributed by atoms with Crippen LogP contribution in [0.15, 0.2) is 76.1 Å². The Morgan fingerprint density at radius 1 is 1.07 bits per heavy atom. The summed E-state index contributed by atoms with van der Waals surface area (Å²) < 4.78 is 28.4. The molecule has 1 heterocycles. The van der Waals surface area contributed by atoms with E-state index in [2.05, 4.69) is 15.9 Å². The van der Waals surface area contributed by atoms with Crippen LogP contribution < -0.4 is 0 Å². The number of rotatable bonds is 6. The molecule has 4 nitrogen and oxygen atoms in total. The van der Waals surface area contributed by atoms with Crippen molar-refractivity contribution in [3.05, 3.63) is 82.4 Å². The fourth-order valence-electron chi connectivity index (χ4n) is 3.46. The van der Waals surface area contributed by atoms with E-state index >= 15 is 0 Å². The summed E-state index contributed by atoms with van der Waals surface area (Å²) in [6.07, 6.45) is 4.47. The van der Waals surface area contributed by atoms with Crippen LogP contribution in [-0.2, 0) is 14.8 Å². The molecule has 0 radical (unpaired) electrons. The van der Waals surface area contributed by atoms with Crippen LogP contribution in [0.5, 0.6) is 0 Å². The Morgan fingerprint density at radius 2 is 1.72 bits per heavy atom. The summed E-state index contributed by atoms with van der Waals surface area (Å²) in [6.45, 7) is 4.19. The van der Waals surface area contributed by atoms with E-state index in [0.29, 0.717) is 19.4 Å². The van der Waals surface area contributed by atoms with E-state index < -0.39 is 16.1 Å². The fraction of sp³-hybridized carbons (Fsp3) is 0.261. The van der Waals surface area contributed by atoms with Crippen LogP contribution in [0.25, 0.3) is 5.57 Å². The highest BCUT2D eigenvalue weighted by molar-refractivity contribution is 9.11. The number of nitrogens with zero attached hydrogens (tertiary/aromatic N) is 1. The lowest BCUT2D eigenvalue weighted by atomic mass is 10.0. The zero-order valence-corrected chi connectivity index (χ0v) is 18.9. The third kappa shape index (κ3) is 4.94. The van der Waals surface area contributed by atoms with E-state index in [4.69, 9.17) is 0 Å². The molecule has 1 aliphatic rings. The van der Waals surface area contributed by atoms with Gasteiger partial charge < -0.3 is 0 Å². The minimum Gasteiger partial charge on any atom is -0.293 e. The quantitative estimate of drug-likeness (QED) is 0.433. The molecule has 0 spiro atoms. The van der Waals surface area contributed by atoms with Crippen LogP contribution in [0, 0.1) is 6.92 Å². The number of sulfonamides is 1. The average molecular weight is 474 g/mol. The van der Waals surface area contributed by atoms with Crippen molar-refractivity contribution in [1.82, 2.24) is 4.31 Å². The maximum absolute atomic E-state index is 13.1. The SMILES string of the molecule is CC(Br)=C(C=CC(=O)C1CCCN1S(=O)(=O)c1ccc(C)cc1)c1ccccc1. The van der Waals surface area contributed by atoms with E-state index in [1.54, 1.807) is 30.3 Å². The van der Waals surface area contributed by atoms with Crippen LogP contribution in [0.2, 0.25) is 0 Å². The van der Waals surface area contributed by atoms with E-state index in [9.17, 15) is 13.2 Å². The highest BCUT2D eigenvalue weighted by atomic mass is 79.9. The molecule has 0 bridgehead atoms. The molecule has 1 unspecified atom stereocenters. The van der Waals surface area contributed by atoms with Gasteiger partial charge in [0.25, 0.3) is 0 Å². The fourth-order valence-corrected chi connectivity index (χ4v) is 5.49. The number of carbonyl (C=O) groups excluding carboxylic acids is 1. The Kier molecular flexibility index (Phi) is 6.88. The zero-order chi connectivity index (χ0) is 21.0. The van der Waals surface area contributed by atoms with Gasteiger partial charge in [-0.25, -0.2) is 8.42 Å². The number of allylic oxidation sites excluding steroid dienone is 3. The summed E-state index contributed by atoms with van der Waals surface area (Å²) in [4.78, 5) is 13.1. The highest BCUT2D eigenvalue weighted by Gasteiger charge is 2.38. The van der Waals surface area contributed by atoms with Gasteiger partial charge in [-0.1, -0.05) is 64.0 Å². The zero-order valence-electron chi connectivity index (χ0n) is 16.5. The van der Waals surface area contributed by atoms with Gasteiger partial charge >= 0.3 is 0 Å². The smallest absolute Gasteiger partial charge is 0.243 e. The molecular formula is C23H24BrNO3S. The number of benzene rings is 2. The molecule has 1 saturated heterocycles. The Morgan fingerprint density at radius 3 is 2.34 bits per heavy atom. The number of halogens is 1. The van der Waals surface area contributed by atoms with E-state index in [1.165, 1.54) is 10.4 Å². The molecule has 2 aromatic rings. The average Bonchev–Trinajstić information content (AvgIpc) is 3.20. The van der Waals surface area contributed by atoms with Crippen LogP contribution >= 0.6 is 15.9 Å². The van der Waals surface area contributed by atoms with Gasteiger partial charge in [-0.05, 0) is 66.6 Å². The Labute approximate surface area is 181 Å². The molecule has 3 rings (SSSR count). The van der Waals surface area contributed by atoms with Crippen LogP contribution in [0.3, 0.4) is 0 Å². The molecule has 0 N–H and O–H groups in total. The third-order valence-electron chi connectivity index (χ3n) is 5.03. The first-order chi connectivity index (χ1) is 13.8. The molecule has 0 aliphatic carbocycles. The highest BCUT2D eigenvalue weighted by Crippen LogP contribution is 2.28. The van der Waals surface area contributed by atoms with Crippen molar-refractivity contribution in [2.24, 2.45) is 0 Å². The normalized spacial score (nSPS) is 18.8. The maximum Gasteiger partial charge on any atom is 0.243 e. The Balaban J connectivity index is 1.84. The van der Waals surface area contributed by atoms with Crippen LogP contribution in [0.1, 0.15) is 30.9 Å². The molecule has 6 heteroatoms. The molecular weight excluding hydrogens is 450 g/mol. The van der Waals surface area contributed by atoms with Gasteiger partial charge in [-0.15, -0.1) is 0 Å². The Bertz CT molecular complexity index is 1040. The molecule has 1 fully saturated rings. The number of aryl methyl sites for hydroxylation is 1. The second-order valence-corrected chi connectivity index (χ2v) is 10.2. The topological polar surface area (TPSA) is 54.5 Å².